The zero-order valence-electron chi connectivity index (χ0n) is 15.2. The van der Waals surface area contributed by atoms with E-state index in [0.29, 0.717) is 0 Å². The van der Waals surface area contributed by atoms with E-state index in [2.05, 4.69) is 42.2 Å². The van der Waals surface area contributed by atoms with E-state index in [1.165, 1.54) is 23.1 Å². The van der Waals surface area contributed by atoms with E-state index in [1.807, 2.05) is 17.5 Å². The van der Waals surface area contributed by atoms with Gasteiger partial charge < -0.3 is 9.47 Å². The van der Waals surface area contributed by atoms with E-state index in [4.69, 9.17) is 9.47 Å². The van der Waals surface area contributed by atoms with Gasteiger partial charge in [0.05, 0.1) is 5.69 Å². The van der Waals surface area contributed by atoms with Crippen molar-refractivity contribution in [1.29, 1.82) is 0 Å². The monoisotopic (exact) mass is 379 g/mol. The van der Waals surface area contributed by atoms with Gasteiger partial charge in [-0.05, 0) is 49.4 Å². The van der Waals surface area contributed by atoms with Gasteiger partial charge in [0.15, 0.2) is 6.61 Å². The lowest BCUT2D eigenvalue weighted by atomic mass is 10.1. The Balaban J connectivity index is 1.27. The molecule has 4 nitrogen and oxygen atoms in total. The highest BCUT2D eigenvalue weighted by Crippen LogP contribution is 2.26. The maximum absolute atomic E-state index is 12.0. The van der Waals surface area contributed by atoms with Crippen LogP contribution >= 0.6 is 11.3 Å². The molecule has 0 N–H and O–H groups in total. The molecule has 27 heavy (non-hydrogen) atoms. The number of hydrogen-bond donors (Lipinski definition) is 0. The Kier molecular flexibility index (Phi) is 5.21. The lowest BCUT2D eigenvalue weighted by Gasteiger charge is -2.08. The minimum atomic E-state index is -0.389. The fourth-order valence-corrected chi connectivity index (χ4v) is 3.99. The molecule has 0 saturated heterocycles. The van der Waals surface area contributed by atoms with Crippen molar-refractivity contribution in [2.75, 3.05) is 6.61 Å². The predicted octanol–water partition coefficient (Wildman–Crippen LogP) is 4.73. The van der Waals surface area contributed by atoms with Gasteiger partial charge in [-0.15, -0.1) is 11.3 Å². The highest BCUT2D eigenvalue weighted by atomic mass is 32.1. The fourth-order valence-electron chi connectivity index (χ4n) is 3.18. The molecule has 0 spiro atoms. The van der Waals surface area contributed by atoms with Crippen molar-refractivity contribution in [2.24, 2.45) is 0 Å². The van der Waals surface area contributed by atoms with Gasteiger partial charge in [0.1, 0.15) is 17.4 Å². The zero-order chi connectivity index (χ0) is 18.6. The summed E-state index contributed by atoms with van der Waals surface area (Å²) in [7, 11) is 0. The van der Waals surface area contributed by atoms with Gasteiger partial charge in [-0.3, -0.25) is 0 Å². The van der Waals surface area contributed by atoms with Crippen molar-refractivity contribution in [1.82, 2.24) is 4.98 Å². The van der Waals surface area contributed by atoms with Gasteiger partial charge in [0.25, 0.3) is 0 Å². The second kappa shape index (κ2) is 7.92. The number of hydrogen-bond acceptors (Lipinski definition) is 5. The number of nitrogens with zero attached hydrogens (tertiary/aromatic N) is 1. The third kappa shape index (κ3) is 4.37. The molecule has 3 aromatic rings. The molecule has 138 valence electrons. The predicted molar refractivity (Wildman–Crippen MR) is 106 cm³/mol. The van der Waals surface area contributed by atoms with Crippen LogP contribution in [0.4, 0.5) is 0 Å². The van der Waals surface area contributed by atoms with E-state index < -0.39 is 0 Å². The molecule has 0 bridgehead atoms. The molecule has 1 aromatic heterocycles. The summed E-state index contributed by atoms with van der Waals surface area (Å²) in [5.74, 6) is 0.336. The molecule has 0 unspecified atom stereocenters. The average molecular weight is 379 g/mol. The number of carbonyl (C=O) groups is 1. The SMILES string of the molecule is Cc1ccc(-c2nc(COC(=O)COc3ccc4c(c3)CCC4)cs2)cc1. The number of aryl methyl sites for hydroxylation is 3. The number of aromatic nitrogens is 1. The van der Waals surface area contributed by atoms with Crippen LogP contribution in [0.5, 0.6) is 5.75 Å². The van der Waals surface area contributed by atoms with Crippen LogP contribution in [0.1, 0.15) is 28.8 Å². The molecule has 4 rings (SSSR count). The Bertz CT molecular complexity index is 946. The number of thiazole rings is 1. The summed E-state index contributed by atoms with van der Waals surface area (Å²) in [5.41, 5.74) is 5.75. The Morgan fingerprint density at radius 1 is 1.11 bits per heavy atom. The summed E-state index contributed by atoms with van der Waals surface area (Å²) in [6, 6.07) is 14.3. The van der Waals surface area contributed by atoms with Crippen molar-refractivity contribution in [2.45, 2.75) is 32.8 Å². The number of ether oxygens (including phenoxy) is 2. The van der Waals surface area contributed by atoms with Gasteiger partial charge in [0, 0.05) is 10.9 Å². The van der Waals surface area contributed by atoms with Crippen molar-refractivity contribution in [3.05, 3.63) is 70.2 Å². The Hall–Kier alpha value is -2.66. The lowest BCUT2D eigenvalue weighted by Crippen LogP contribution is -2.15. The molecular weight excluding hydrogens is 358 g/mol. The highest BCUT2D eigenvalue weighted by Gasteiger charge is 2.13. The van der Waals surface area contributed by atoms with Crippen molar-refractivity contribution >= 4 is 17.3 Å². The van der Waals surface area contributed by atoms with Crippen LogP contribution in [0.15, 0.2) is 47.8 Å². The number of benzene rings is 2. The first-order valence-electron chi connectivity index (χ1n) is 9.09. The topological polar surface area (TPSA) is 48.4 Å². The summed E-state index contributed by atoms with van der Waals surface area (Å²) in [5, 5.41) is 2.85. The first kappa shape index (κ1) is 17.7. The second-order valence-corrected chi connectivity index (χ2v) is 7.60. The van der Waals surface area contributed by atoms with Crippen molar-refractivity contribution in [3.63, 3.8) is 0 Å². The minimum Gasteiger partial charge on any atom is -0.482 e. The summed E-state index contributed by atoms with van der Waals surface area (Å²) in [6.45, 7) is 2.13. The van der Waals surface area contributed by atoms with Crippen LogP contribution in [0, 0.1) is 6.92 Å². The molecule has 0 atom stereocenters. The van der Waals surface area contributed by atoms with E-state index in [0.717, 1.165) is 34.9 Å². The summed E-state index contributed by atoms with van der Waals surface area (Å²) < 4.78 is 10.9. The molecule has 0 saturated carbocycles. The van der Waals surface area contributed by atoms with Gasteiger partial charge in [-0.1, -0.05) is 35.9 Å². The Morgan fingerprint density at radius 2 is 1.93 bits per heavy atom. The van der Waals surface area contributed by atoms with Gasteiger partial charge in [0.2, 0.25) is 0 Å². The molecule has 0 fully saturated rings. The lowest BCUT2D eigenvalue weighted by molar-refractivity contribution is -0.147. The van der Waals surface area contributed by atoms with Crippen molar-refractivity contribution in [3.8, 4) is 16.3 Å². The van der Waals surface area contributed by atoms with E-state index in [-0.39, 0.29) is 19.2 Å². The second-order valence-electron chi connectivity index (χ2n) is 6.74. The van der Waals surface area contributed by atoms with Crippen LogP contribution < -0.4 is 4.74 Å². The summed E-state index contributed by atoms with van der Waals surface area (Å²) in [6.07, 6.45) is 3.42. The fraction of sp³-hybridized carbons (Fsp3) is 0.273. The highest BCUT2D eigenvalue weighted by molar-refractivity contribution is 7.13. The molecule has 0 radical (unpaired) electrons. The largest absolute Gasteiger partial charge is 0.482 e. The van der Waals surface area contributed by atoms with E-state index >= 15 is 0 Å². The van der Waals surface area contributed by atoms with Crippen LogP contribution in [0.2, 0.25) is 0 Å². The first-order valence-corrected chi connectivity index (χ1v) is 9.97. The third-order valence-corrected chi connectivity index (χ3v) is 5.60. The number of fused-ring (bicyclic) bond motifs is 1. The van der Waals surface area contributed by atoms with Crippen molar-refractivity contribution < 1.29 is 14.3 Å². The van der Waals surface area contributed by atoms with E-state index in [9.17, 15) is 4.79 Å². The standard InChI is InChI=1S/C22H21NO3S/c1-15-5-7-17(8-6-15)22-23-19(14-27-22)12-26-21(24)13-25-20-10-9-16-3-2-4-18(16)11-20/h5-11,14H,2-4,12-13H2,1H3. The van der Waals surface area contributed by atoms with Gasteiger partial charge >= 0.3 is 5.97 Å². The normalized spacial score (nSPS) is 12.6. The van der Waals surface area contributed by atoms with Gasteiger partial charge in [-0.25, -0.2) is 9.78 Å². The number of rotatable bonds is 6. The number of carbonyl (C=O) groups excluding carboxylic acids is 1. The molecule has 0 amide bonds. The molecule has 2 aromatic carbocycles. The quantitative estimate of drug-likeness (QED) is 0.581. The Morgan fingerprint density at radius 3 is 2.78 bits per heavy atom. The minimum absolute atomic E-state index is 0.0895. The van der Waals surface area contributed by atoms with Crippen LogP contribution in [-0.4, -0.2) is 17.6 Å². The van der Waals surface area contributed by atoms with Gasteiger partial charge in [-0.2, -0.15) is 0 Å². The number of esters is 1. The smallest absolute Gasteiger partial charge is 0.344 e. The molecule has 5 heteroatoms. The zero-order valence-corrected chi connectivity index (χ0v) is 16.1. The summed E-state index contributed by atoms with van der Waals surface area (Å²) >= 11 is 1.55. The maximum atomic E-state index is 12.0. The third-order valence-electron chi connectivity index (χ3n) is 4.66. The average Bonchev–Trinajstić information content (AvgIpc) is 3.34. The molecule has 0 aliphatic heterocycles. The summed E-state index contributed by atoms with van der Waals surface area (Å²) in [4.78, 5) is 16.5. The molecule has 1 aliphatic rings. The molecule has 1 aliphatic carbocycles. The molecule has 1 heterocycles. The van der Waals surface area contributed by atoms with Crippen LogP contribution in [-0.2, 0) is 29.0 Å². The first-order chi connectivity index (χ1) is 13.2. The maximum Gasteiger partial charge on any atom is 0.344 e. The Labute approximate surface area is 162 Å². The van der Waals surface area contributed by atoms with Crippen LogP contribution in [0.25, 0.3) is 10.6 Å². The van der Waals surface area contributed by atoms with Crippen LogP contribution in [0.3, 0.4) is 0 Å². The van der Waals surface area contributed by atoms with E-state index in [1.54, 1.807) is 11.3 Å². The molecular formula is C22H21NO3S.